The highest BCUT2D eigenvalue weighted by Gasteiger charge is 2.04. The van der Waals surface area contributed by atoms with Gasteiger partial charge in [-0.05, 0) is 18.5 Å². The summed E-state index contributed by atoms with van der Waals surface area (Å²) in [5.41, 5.74) is 1.05. The molecular weight excluding hydrogens is 279 g/mol. The third-order valence-electron chi connectivity index (χ3n) is 2.01. The number of aryl methyl sites for hydroxylation is 1. The summed E-state index contributed by atoms with van der Waals surface area (Å²) in [5.74, 6) is 0.556. The van der Waals surface area contributed by atoms with Gasteiger partial charge in [-0.2, -0.15) is 4.98 Å². The van der Waals surface area contributed by atoms with Crippen LogP contribution in [0.3, 0.4) is 0 Å². The minimum absolute atomic E-state index is 0.182. The van der Waals surface area contributed by atoms with Crippen molar-refractivity contribution in [3.63, 3.8) is 0 Å². The maximum Gasteiger partial charge on any atom is 0.224 e. The fraction of sp³-hybridized carbons (Fsp3) is 0.300. The van der Waals surface area contributed by atoms with E-state index < -0.39 is 0 Å². The van der Waals surface area contributed by atoms with E-state index in [1.54, 1.807) is 11.3 Å². The molecule has 0 saturated carbocycles. The van der Waals surface area contributed by atoms with E-state index >= 15 is 0 Å². The molecule has 0 aliphatic carbocycles. The standard InChI is InChI=1S/C10H10Cl2N4S/c1-6-5-17-8(15-6)2-3-13-9-7(11)4-14-10(12)16-9/h4-5H,2-3H2,1H3,(H,13,14,16). The van der Waals surface area contributed by atoms with E-state index in [-0.39, 0.29) is 5.28 Å². The molecule has 2 heterocycles. The maximum absolute atomic E-state index is 5.92. The molecule has 2 aromatic heterocycles. The van der Waals surface area contributed by atoms with Gasteiger partial charge in [-0.25, -0.2) is 9.97 Å². The van der Waals surface area contributed by atoms with Crippen LogP contribution in [0.5, 0.6) is 0 Å². The van der Waals surface area contributed by atoms with E-state index in [2.05, 4.69) is 20.3 Å². The van der Waals surface area contributed by atoms with Crippen molar-refractivity contribution < 1.29 is 0 Å². The van der Waals surface area contributed by atoms with Gasteiger partial charge in [0.25, 0.3) is 0 Å². The monoisotopic (exact) mass is 288 g/mol. The van der Waals surface area contributed by atoms with E-state index in [1.807, 2.05) is 12.3 Å². The highest BCUT2D eigenvalue weighted by atomic mass is 35.5. The number of hydrogen-bond donors (Lipinski definition) is 1. The van der Waals surface area contributed by atoms with Crippen molar-refractivity contribution in [2.45, 2.75) is 13.3 Å². The molecule has 17 heavy (non-hydrogen) atoms. The lowest BCUT2D eigenvalue weighted by Crippen LogP contribution is -2.07. The Kier molecular flexibility index (Phi) is 4.15. The van der Waals surface area contributed by atoms with E-state index in [0.717, 1.165) is 17.1 Å². The lowest BCUT2D eigenvalue weighted by Gasteiger charge is -2.05. The molecule has 0 unspecified atom stereocenters. The number of halogens is 2. The van der Waals surface area contributed by atoms with E-state index in [9.17, 15) is 0 Å². The maximum atomic E-state index is 5.92. The number of rotatable bonds is 4. The highest BCUT2D eigenvalue weighted by molar-refractivity contribution is 7.09. The molecule has 0 aromatic carbocycles. The summed E-state index contributed by atoms with van der Waals surface area (Å²) in [6, 6.07) is 0. The first-order valence-electron chi connectivity index (χ1n) is 4.98. The first-order chi connectivity index (χ1) is 8.15. The number of anilines is 1. The number of hydrogen-bond acceptors (Lipinski definition) is 5. The quantitative estimate of drug-likeness (QED) is 0.878. The fourth-order valence-electron chi connectivity index (χ4n) is 1.27. The molecular formula is C10H10Cl2N4S. The van der Waals surface area contributed by atoms with Crippen LogP contribution in [0.4, 0.5) is 5.82 Å². The van der Waals surface area contributed by atoms with Gasteiger partial charge in [0.05, 0.1) is 11.2 Å². The second-order valence-electron chi connectivity index (χ2n) is 3.39. The second kappa shape index (κ2) is 5.62. The van der Waals surface area contributed by atoms with Crippen LogP contribution in [0.15, 0.2) is 11.6 Å². The molecule has 1 N–H and O–H groups in total. The zero-order chi connectivity index (χ0) is 12.3. The van der Waals surface area contributed by atoms with Crippen molar-refractivity contribution in [1.29, 1.82) is 0 Å². The highest BCUT2D eigenvalue weighted by Crippen LogP contribution is 2.19. The van der Waals surface area contributed by atoms with Crippen LogP contribution in [0.2, 0.25) is 10.3 Å². The van der Waals surface area contributed by atoms with Crippen LogP contribution in [-0.4, -0.2) is 21.5 Å². The molecule has 0 aliphatic heterocycles. The van der Waals surface area contributed by atoms with Crippen LogP contribution in [0.25, 0.3) is 0 Å². The Morgan fingerprint density at radius 3 is 2.88 bits per heavy atom. The normalized spacial score (nSPS) is 10.5. The summed E-state index contributed by atoms with van der Waals surface area (Å²) in [7, 11) is 0. The second-order valence-corrected chi connectivity index (χ2v) is 5.08. The number of aromatic nitrogens is 3. The van der Waals surface area contributed by atoms with Crippen molar-refractivity contribution in [3.8, 4) is 0 Å². The predicted molar refractivity (Wildman–Crippen MR) is 71.1 cm³/mol. The molecule has 0 bridgehead atoms. The summed E-state index contributed by atoms with van der Waals surface area (Å²) in [4.78, 5) is 12.2. The lowest BCUT2D eigenvalue weighted by molar-refractivity contribution is 0.973. The molecule has 0 saturated heterocycles. The molecule has 0 fully saturated rings. The zero-order valence-corrected chi connectivity index (χ0v) is 11.4. The van der Waals surface area contributed by atoms with Crippen LogP contribution in [0, 0.1) is 6.92 Å². The Labute approximate surface area is 113 Å². The van der Waals surface area contributed by atoms with Crippen molar-refractivity contribution in [1.82, 2.24) is 15.0 Å². The molecule has 0 amide bonds. The van der Waals surface area contributed by atoms with Gasteiger partial charge in [0.1, 0.15) is 10.8 Å². The van der Waals surface area contributed by atoms with Crippen LogP contribution < -0.4 is 5.32 Å². The van der Waals surface area contributed by atoms with Gasteiger partial charge in [-0.1, -0.05) is 11.6 Å². The Bertz CT molecular complexity index is 515. The first-order valence-corrected chi connectivity index (χ1v) is 6.61. The summed E-state index contributed by atoms with van der Waals surface area (Å²) in [6.07, 6.45) is 2.31. The smallest absolute Gasteiger partial charge is 0.224 e. The van der Waals surface area contributed by atoms with Crippen LogP contribution >= 0.6 is 34.5 Å². The molecule has 0 atom stereocenters. The molecule has 2 rings (SSSR count). The number of nitrogens with one attached hydrogen (secondary N) is 1. The van der Waals surface area contributed by atoms with Crippen LogP contribution in [-0.2, 0) is 6.42 Å². The van der Waals surface area contributed by atoms with Crippen molar-refractivity contribution in [2.24, 2.45) is 0 Å². The number of nitrogens with zero attached hydrogens (tertiary/aromatic N) is 3. The number of thiazole rings is 1. The third kappa shape index (κ3) is 3.52. The van der Waals surface area contributed by atoms with Crippen LogP contribution in [0.1, 0.15) is 10.7 Å². The fourth-order valence-corrected chi connectivity index (χ4v) is 2.34. The molecule has 90 valence electrons. The molecule has 4 nitrogen and oxygen atoms in total. The van der Waals surface area contributed by atoms with Crippen molar-refractivity contribution in [3.05, 3.63) is 32.6 Å². The summed E-state index contributed by atoms with van der Waals surface area (Å²) in [6.45, 7) is 2.69. The van der Waals surface area contributed by atoms with Gasteiger partial charge in [0.15, 0.2) is 0 Å². The minimum Gasteiger partial charge on any atom is -0.368 e. The topological polar surface area (TPSA) is 50.7 Å². The first kappa shape index (κ1) is 12.5. The van der Waals surface area contributed by atoms with Gasteiger partial charge < -0.3 is 5.32 Å². The van der Waals surface area contributed by atoms with E-state index in [4.69, 9.17) is 23.2 Å². The molecule has 0 radical (unpaired) electrons. The molecule has 2 aromatic rings. The van der Waals surface area contributed by atoms with Crippen molar-refractivity contribution >= 4 is 40.4 Å². The largest absolute Gasteiger partial charge is 0.368 e. The van der Waals surface area contributed by atoms with Gasteiger partial charge in [-0.3, -0.25) is 0 Å². The van der Waals surface area contributed by atoms with Gasteiger partial charge in [-0.15, -0.1) is 11.3 Å². The average Bonchev–Trinajstić information content (AvgIpc) is 2.69. The Hall–Kier alpha value is -0.910. The Balaban J connectivity index is 1.91. The van der Waals surface area contributed by atoms with Gasteiger partial charge in [0.2, 0.25) is 5.28 Å². The van der Waals surface area contributed by atoms with Gasteiger partial charge in [0, 0.05) is 24.0 Å². The van der Waals surface area contributed by atoms with E-state index in [0.29, 0.717) is 17.4 Å². The molecule has 0 aliphatic rings. The third-order valence-corrected chi connectivity index (χ3v) is 3.50. The predicted octanol–water partition coefficient (Wildman–Crippen LogP) is 3.20. The minimum atomic E-state index is 0.182. The van der Waals surface area contributed by atoms with Crippen molar-refractivity contribution in [2.75, 3.05) is 11.9 Å². The SMILES string of the molecule is Cc1csc(CCNc2nc(Cl)ncc2Cl)n1. The molecule has 0 spiro atoms. The van der Waals surface area contributed by atoms with E-state index in [1.165, 1.54) is 6.20 Å². The molecule has 7 heteroatoms. The zero-order valence-electron chi connectivity index (χ0n) is 9.07. The summed E-state index contributed by atoms with van der Waals surface area (Å²) < 4.78 is 0. The Morgan fingerprint density at radius 2 is 2.18 bits per heavy atom. The lowest BCUT2D eigenvalue weighted by atomic mass is 10.4. The Morgan fingerprint density at radius 1 is 1.35 bits per heavy atom. The summed E-state index contributed by atoms with van der Waals surface area (Å²) >= 11 is 13.3. The average molecular weight is 289 g/mol. The van der Waals surface area contributed by atoms with Gasteiger partial charge >= 0.3 is 0 Å². The summed E-state index contributed by atoms with van der Waals surface area (Å²) in [5, 5.41) is 6.88.